The van der Waals surface area contributed by atoms with Crippen LogP contribution in [0.3, 0.4) is 0 Å². The van der Waals surface area contributed by atoms with Gasteiger partial charge in [-0.2, -0.15) is 5.10 Å². The Bertz CT molecular complexity index is 1450. The summed E-state index contributed by atoms with van der Waals surface area (Å²) in [6, 6.07) is 7.75. The number of hydrogen-bond acceptors (Lipinski definition) is 7. The summed E-state index contributed by atoms with van der Waals surface area (Å²) in [5.41, 5.74) is 2.96. The van der Waals surface area contributed by atoms with Crippen LogP contribution in [0.2, 0.25) is 0 Å². The van der Waals surface area contributed by atoms with Gasteiger partial charge >= 0.3 is 0 Å². The molecule has 0 aliphatic carbocycles. The first-order valence-electron chi connectivity index (χ1n) is 10.8. The highest BCUT2D eigenvalue weighted by Gasteiger charge is 2.13. The zero-order valence-electron chi connectivity index (χ0n) is 19.2. The molecule has 0 aliphatic rings. The molecule has 0 spiro atoms. The first-order chi connectivity index (χ1) is 17.1. The van der Waals surface area contributed by atoms with Gasteiger partial charge < -0.3 is 10.1 Å². The molecule has 1 N–H and O–H groups in total. The monoisotopic (exact) mass is 474 g/mol. The van der Waals surface area contributed by atoms with Crippen molar-refractivity contribution in [2.45, 2.75) is 6.92 Å². The molecule has 0 radical (unpaired) electrons. The summed E-state index contributed by atoms with van der Waals surface area (Å²) in [7, 11) is 1.56. The number of hydrazone groups is 1. The summed E-state index contributed by atoms with van der Waals surface area (Å²) < 4.78 is 20.7. The maximum Gasteiger partial charge on any atom is 0.230 e. The van der Waals surface area contributed by atoms with E-state index in [0.29, 0.717) is 58.3 Å². The van der Waals surface area contributed by atoms with Crippen molar-refractivity contribution in [2.75, 3.05) is 25.5 Å². The molecule has 0 saturated heterocycles. The van der Waals surface area contributed by atoms with Crippen LogP contribution in [0.4, 0.5) is 10.1 Å². The topological polar surface area (TPSA) is 102 Å². The van der Waals surface area contributed by atoms with Gasteiger partial charge in [0.2, 0.25) is 6.41 Å². The van der Waals surface area contributed by atoms with Crippen molar-refractivity contribution in [3.63, 3.8) is 0 Å². The van der Waals surface area contributed by atoms with Crippen molar-refractivity contribution in [1.29, 1.82) is 0 Å². The highest BCUT2D eigenvalue weighted by Crippen LogP contribution is 2.23. The third kappa shape index (κ3) is 5.01. The van der Waals surface area contributed by atoms with E-state index in [1.54, 1.807) is 67.5 Å². The quantitative estimate of drug-likeness (QED) is 0.171. The van der Waals surface area contributed by atoms with Crippen LogP contribution in [0.15, 0.2) is 66.2 Å². The molecular weight excluding hydrogens is 451 g/mol. The Labute approximate surface area is 200 Å². The fourth-order valence-corrected chi connectivity index (χ4v) is 3.65. The molecule has 0 saturated carbocycles. The number of aldehydes is 1. The van der Waals surface area contributed by atoms with E-state index < -0.39 is 5.82 Å². The van der Waals surface area contributed by atoms with Crippen molar-refractivity contribution >= 4 is 46.2 Å². The van der Waals surface area contributed by atoms with E-state index in [-0.39, 0.29) is 6.54 Å². The minimum Gasteiger partial charge on any atom is -0.495 e. The largest absolute Gasteiger partial charge is 0.495 e. The van der Waals surface area contributed by atoms with Crippen molar-refractivity contribution in [1.82, 2.24) is 19.5 Å². The van der Waals surface area contributed by atoms with Crippen LogP contribution in [-0.2, 0) is 4.79 Å². The van der Waals surface area contributed by atoms with Crippen molar-refractivity contribution in [3.8, 4) is 5.75 Å². The van der Waals surface area contributed by atoms with E-state index in [1.807, 2.05) is 0 Å². The van der Waals surface area contributed by atoms with E-state index in [0.717, 1.165) is 5.69 Å². The number of fused-ring (bicyclic) bond motifs is 2. The number of benzene rings is 1. The molecule has 1 aromatic carbocycles. The van der Waals surface area contributed by atoms with Crippen molar-refractivity contribution in [2.24, 2.45) is 5.10 Å². The molecule has 1 amide bonds. The van der Waals surface area contributed by atoms with Gasteiger partial charge in [-0.25, -0.2) is 14.4 Å². The van der Waals surface area contributed by atoms with E-state index in [2.05, 4.69) is 20.4 Å². The van der Waals surface area contributed by atoms with E-state index in [9.17, 15) is 14.0 Å². The van der Waals surface area contributed by atoms with Gasteiger partial charge in [0.25, 0.3) is 0 Å². The van der Waals surface area contributed by atoms with Crippen LogP contribution in [0.25, 0.3) is 21.9 Å². The van der Waals surface area contributed by atoms with Gasteiger partial charge in [0.05, 0.1) is 36.6 Å². The number of rotatable bonds is 9. The number of aromatic nitrogens is 3. The maximum absolute atomic E-state index is 13.9. The first-order valence-corrected chi connectivity index (χ1v) is 10.8. The number of halogens is 1. The second kappa shape index (κ2) is 10.6. The van der Waals surface area contributed by atoms with Gasteiger partial charge in [0.1, 0.15) is 17.1 Å². The number of nitrogens with one attached hydrogen (secondary N) is 1. The number of nitrogens with zero attached hydrogens (tertiary/aromatic N) is 5. The summed E-state index contributed by atoms with van der Waals surface area (Å²) in [5, 5.41) is 9.50. The van der Waals surface area contributed by atoms with Crippen molar-refractivity contribution in [3.05, 3.63) is 72.5 Å². The van der Waals surface area contributed by atoms with Crippen molar-refractivity contribution < 1.29 is 18.7 Å². The summed E-state index contributed by atoms with van der Waals surface area (Å²) >= 11 is 0. The lowest BCUT2D eigenvalue weighted by Gasteiger charge is -2.15. The predicted octanol–water partition coefficient (Wildman–Crippen LogP) is 3.85. The van der Waals surface area contributed by atoms with Gasteiger partial charge in [-0.15, -0.1) is 0 Å². The summed E-state index contributed by atoms with van der Waals surface area (Å²) in [5.74, 6) is 0.517. The number of carbonyl (C=O) groups excluding carboxylic acids is 2. The molecule has 4 aromatic rings. The molecule has 0 fully saturated rings. The molecule has 178 valence electrons. The van der Waals surface area contributed by atoms with Crippen LogP contribution in [0.1, 0.15) is 17.3 Å². The first kappa shape index (κ1) is 23.6. The van der Waals surface area contributed by atoms with Gasteiger partial charge in [-0.1, -0.05) is 6.08 Å². The normalized spacial score (nSPS) is 11.8. The van der Waals surface area contributed by atoms with E-state index in [1.165, 1.54) is 17.1 Å². The minimum absolute atomic E-state index is 0.235. The van der Waals surface area contributed by atoms with Gasteiger partial charge in [0.15, 0.2) is 12.1 Å². The number of methoxy groups -OCH3 is 1. The Kier molecular flexibility index (Phi) is 7.10. The van der Waals surface area contributed by atoms with Crippen LogP contribution >= 0.6 is 0 Å². The molecule has 35 heavy (non-hydrogen) atoms. The van der Waals surface area contributed by atoms with Gasteiger partial charge in [-0.3, -0.25) is 19.1 Å². The highest BCUT2D eigenvalue weighted by molar-refractivity contribution is 6.06. The summed E-state index contributed by atoms with van der Waals surface area (Å²) in [6.45, 7) is 2.41. The van der Waals surface area contributed by atoms with Gasteiger partial charge in [0, 0.05) is 36.0 Å². The lowest BCUT2D eigenvalue weighted by molar-refractivity contribution is -0.118. The zero-order valence-corrected chi connectivity index (χ0v) is 19.2. The Morgan fingerprint density at radius 3 is 2.86 bits per heavy atom. The predicted molar refractivity (Wildman–Crippen MR) is 132 cm³/mol. The third-order valence-electron chi connectivity index (χ3n) is 5.29. The number of ether oxygens (including phenoxy) is 1. The van der Waals surface area contributed by atoms with Crippen LogP contribution in [0, 0.1) is 5.82 Å². The number of carbonyl (C=O) groups is 2. The average molecular weight is 474 g/mol. The Hall–Kier alpha value is -4.60. The molecule has 0 bridgehead atoms. The Morgan fingerprint density at radius 2 is 2.11 bits per heavy atom. The zero-order chi connectivity index (χ0) is 24.8. The van der Waals surface area contributed by atoms with Gasteiger partial charge in [-0.05, 0) is 37.3 Å². The lowest BCUT2D eigenvalue weighted by Crippen LogP contribution is -2.26. The highest BCUT2D eigenvalue weighted by atomic mass is 19.1. The molecular formula is C25H23FN6O3. The SMILES string of the molecule is C/C=C\C(=N/N(C=O)CCNc1ccnc2cc(OC)cnc12)n1cc(C=O)c2ccc(F)cc21. The smallest absolute Gasteiger partial charge is 0.230 e. The van der Waals surface area contributed by atoms with E-state index >= 15 is 0 Å². The average Bonchev–Trinajstić information content (AvgIpc) is 3.24. The number of anilines is 1. The second-order valence-electron chi connectivity index (χ2n) is 7.49. The Balaban J connectivity index is 1.57. The maximum atomic E-state index is 13.9. The molecule has 10 heteroatoms. The number of pyridine rings is 2. The molecule has 0 aliphatic heterocycles. The van der Waals surface area contributed by atoms with Crippen LogP contribution < -0.4 is 10.1 Å². The number of hydrogen-bond donors (Lipinski definition) is 1. The standard InChI is InChI=1S/C25H23FN6O3/c1-3-4-24(32-14-17(15-33)20-6-5-18(26)11-23(20)32)30-31(16-34)10-9-28-21-7-8-27-22-12-19(35-2)13-29-25(21)22/h3-8,11-16H,9-10H2,1-2H3,(H,27,28)/b4-3-,30-24+. The fourth-order valence-electron chi connectivity index (χ4n) is 3.65. The minimum atomic E-state index is -0.443. The molecule has 9 nitrogen and oxygen atoms in total. The fraction of sp³-hybridized carbons (Fsp3) is 0.160. The molecule has 4 rings (SSSR count). The lowest BCUT2D eigenvalue weighted by atomic mass is 10.2. The third-order valence-corrected chi connectivity index (χ3v) is 5.29. The molecule has 0 unspecified atom stereocenters. The number of amides is 1. The molecule has 3 heterocycles. The second-order valence-corrected chi connectivity index (χ2v) is 7.49. The molecule has 3 aromatic heterocycles. The van der Waals surface area contributed by atoms with Crippen LogP contribution in [-0.4, -0.2) is 58.3 Å². The summed E-state index contributed by atoms with van der Waals surface area (Å²) in [4.78, 5) is 32.0. The molecule has 0 atom stereocenters. The summed E-state index contributed by atoms with van der Waals surface area (Å²) in [6.07, 6.45) is 9.57. The van der Waals surface area contributed by atoms with Crippen LogP contribution in [0.5, 0.6) is 5.75 Å². The number of allylic oxidation sites excluding steroid dienone is 2. The van der Waals surface area contributed by atoms with E-state index in [4.69, 9.17) is 4.74 Å². The Morgan fingerprint density at radius 1 is 1.26 bits per heavy atom.